The minimum atomic E-state index is -0.332. The summed E-state index contributed by atoms with van der Waals surface area (Å²) in [6, 6.07) is 0.00264. The van der Waals surface area contributed by atoms with E-state index in [4.69, 9.17) is 0 Å². The van der Waals surface area contributed by atoms with Gasteiger partial charge in [0.15, 0.2) is 0 Å². The third kappa shape index (κ3) is 2.99. The third-order valence-corrected chi connectivity index (χ3v) is 4.15. The number of piperidine rings is 1. The first-order valence-electron chi connectivity index (χ1n) is 6.88. The molecule has 0 aromatic carbocycles. The predicted octanol–water partition coefficient (Wildman–Crippen LogP) is 0.890. The van der Waals surface area contributed by atoms with E-state index in [2.05, 4.69) is 5.32 Å². The van der Waals surface area contributed by atoms with Crippen LogP contribution in [-0.4, -0.2) is 47.7 Å². The Bertz CT molecular complexity index is 264. The van der Waals surface area contributed by atoms with Gasteiger partial charge in [0, 0.05) is 7.05 Å². The summed E-state index contributed by atoms with van der Waals surface area (Å²) in [7, 11) is 1.85. The van der Waals surface area contributed by atoms with E-state index in [-0.39, 0.29) is 24.1 Å². The summed E-state index contributed by atoms with van der Waals surface area (Å²) in [5, 5.41) is 13.3. The predicted molar refractivity (Wildman–Crippen MR) is 66.7 cm³/mol. The molecule has 2 N–H and O–H groups in total. The van der Waals surface area contributed by atoms with Crippen molar-refractivity contribution in [2.24, 2.45) is 0 Å². The maximum absolute atomic E-state index is 12.3. The summed E-state index contributed by atoms with van der Waals surface area (Å²) in [6.45, 7) is 0.942. The Morgan fingerprint density at radius 1 is 1.18 bits per heavy atom. The van der Waals surface area contributed by atoms with Gasteiger partial charge >= 0.3 is 0 Å². The number of nitrogens with zero attached hydrogens (tertiary/aromatic N) is 1. The normalized spacial score (nSPS) is 34.4. The van der Waals surface area contributed by atoms with Gasteiger partial charge in [0.05, 0.1) is 18.2 Å². The highest BCUT2D eigenvalue weighted by atomic mass is 16.3. The Labute approximate surface area is 103 Å². The van der Waals surface area contributed by atoms with Crippen molar-refractivity contribution < 1.29 is 9.90 Å². The molecule has 2 fully saturated rings. The maximum atomic E-state index is 12.3. The van der Waals surface area contributed by atoms with Crippen molar-refractivity contribution in [1.82, 2.24) is 10.2 Å². The van der Waals surface area contributed by atoms with E-state index in [0.29, 0.717) is 0 Å². The average molecular weight is 240 g/mol. The van der Waals surface area contributed by atoms with Crippen molar-refractivity contribution in [1.29, 1.82) is 0 Å². The van der Waals surface area contributed by atoms with Gasteiger partial charge in [-0.25, -0.2) is 0 Å². The molecule has 1 saturated carbocycles. The van der Waals surface area contributed by atoms with E-state index in [9.17, 15) is 9.90 Å². The fourth-order valence-corrected chi connectivity index (χ4v) is 3.02. The number of carbonyl (C=O) groups excluding carboxylic acids is 1. The van der Waals surface area contributed by atoms with Crippen LogP contribution in [0.1, 0.15) is 44.9 Å². The number of likely N-dealkylation sites (N-methyl/N-ethyl adjacent to an activating group) is 1. The van der Waals surface area contributed by atoms with E-state index in [1.807, 2.05) is 7.05 Å². The molecule has 1 amide bonds. The van der Waals surface area contributed by atoms with E-state index in [0.717, 1.165) is 45.1 Å². The summed E-state index contributed by atoms with van der Waals surface area (Å²) in [5.41, 5.74) is 0. The van der Waals surface area contributed by atoms with Crippen LogP contribution in [0.15, 0.2) is 0 Å². The highest BCUT2D eigenvalue weighted by Crippen LogP contribution is 2.23. The van der Waals surface area contributed by atoms with E-state index >= 15 is 0 Å². The van der Waals surface area contributed by atoms with Gasteiger partial charge in [0.25, 0.3) is 0 Å². The molecule has 0 spiro atoms. The Hall–Kier alpha value is -0.610. The van der Waals surface area contributed by atoms with Gasteiger partial charge in [0.2, 0.25) is 5.91 Å². The van der Waals surface area contributed by atoms with Gasteiger partial charge in [-0.05, 0) is 32.2 Å². The number of aliphatic hydroxyl groups is 1. The average Bonchev–Trinajstić information content (AvgIpc) is 2.39. The molecule has 0 aromatic heterocycles. The highest BCUT2D eigenvalue weighted by Gasteiger charge is 2.32. The Morgan fingerprint density at radius 2 is 1.88 bits per heavy atom. The zero-order valence-electron chi connectivity index (χ0n) is 10.7. The molecule has 0 aromatic rings. The summed E-state index contributed by atoms with van der Waals surface area (Å²) >= 11 is 0. The Kier molecular flexibility index (Phi) is 4.40. The monoisotopic (exact) mass is 240 g/mol. The van der Waals surface area contributed by atoms with Crippen LogP contribution < -0.4 is 5.32 Å². The fourth-order valence-electron chi connectivity index (χ4n) is 3.02. The quantitative estimate of drug-likeness (QED) is 0.753. The van der Waals surface area contributed by atoms with Crippen LogP contribution in [-0.2, 0) is 4.79 Å². The summed E-state index contributed by atoms with van der Waals surface area (Å²) < 4.78 is 0. The van der Waals surface area contributed by atoms with E-state index < -0.39 is 0 Å². The molecule has 4 nitrogen and oxygen atoms in total. The molecule has 2 unspecified atom stereocenters. The Balaban J connectivity index is 1.92. The molecule has 1 saturated heterocycles. The first-order chi connectivity index (χ1) is 8.20. The first kappa shape index (κ1) is 12.8. The van der Waals surface area contributed by atoms with Crippen LogP contribution in [0.4, 0.5) is 0 Å². The molecule has 2 rings (SSSR count). The van der Waals surface area contributed by atoms with Crippen molar-refractivity contribution in [2.45, 2.75) is 63.1 Å². The summed E-state index contributed by atoms with van der Waals surface area (Å²) in [5.74, 6) is 0.163. The second-order valence-corrected chi connectivity index (χ2v) is 5.37. The lowest BCUT2D eigenvalue weighted by Gasteiger charge is -2.37. The summed E-state index contributed by atoms with van der Waals surface area (Å²) in [4.78, 5) is 14.1. The smallest absolute Gasteiger partial charge is 0.239 e. The van der Waals surface area contributed by atoms with Crippen molar-refractivity contribution in [3.05, 3.63) is 0 Å². The molecule has 2 aliphatic rings. The highest BCUT2D eigenvalue weighted by molar-refractivity contribution is 5.82. The molecule has 0 radical (unpaired) electrons. The Morgan fingerprint density at radius 3 is 2.53 bits per heavy atom. The molecule has 3 atom stereocenters. The number of amides is 1. The second-order valence-electron chi connectivity index (χ2n) is 5.37. The first-order valence-corrected chi connectivity index (χ1v) is 6.88. The number of carbonyl (C=O) groups is 1. The largest absolute Gasteiger partial charge is 0.391 e. The lowest BCUT2D eigenvalue weighted by atomic mass is 9.91. The maximum Gasteiger partial charge on any atom is 0.239 e. The molecule has 1 heterocycles. The molecular weight excluding hydrogens is 216 g/mol. The van der Waals surface area contributed by atoms with Crippen LogP contribution >= 0.6 is 0 Å². The van der Waals surface area contributed by atoms with Gasteiger partial charge in [-0.3, -0.25) is 4.79 Å². The topological polar surface area (TPSA) is 52.6 Å². The van der Waals surface area contributed by atoms with E-state index in [1.54, 1.807) is 4.90 Å². The van der Waals surface area contributed by atoms with Crippen LogP contribution in [0.3, 0.4) is 0 Å². The molecule has 17 heavy (non-hydrogen) atoms. The standard InChI is InChI=1S/C13H24N2O2/c1-15(11-7-2-3-8-12(11)16)13(17)10-6-4-5-9-14-10/h10-12,14,16H,2-9H2,1H3/t10-,11?,12?/m1/s1. The van der Waals surface area contributed by atoms with Gasteiger partial charge in [-0.2, -0.15) is 0 Å². The van der Waals surface area contributed by atoms with Gasteiger partial charge in [0.1, 0.15) is 0 Å². The van der Waals surface area contributed by atoms with Crippen LogP contribution in [0.5, 0.6) is 0 Å². The number of hydrogen-bond acceptors (Lipinski definition) is 3. The van der Waals surface area contributed by atoms with Crippen LogP contribution in [0, 0.1) is 0 Å². The van der Waals surface area contributed by atoms with Gasteiger partial charge in [-0.15, -0.1) is 0 Å². The number of aliphatic hydroxyl groups excluding tert-OH is 1. The minimum absolute atomic E-state index is 0.0251. The van der Waals surface area contributed by atoms with Crippen molar-refractivity contribution in [3.63, 3.8) is 0 Å². The van der Waals surface area contributed by atoms with Crippen LogP contribution in [0.25, 0.3) is 0 Å². The minimum Gasteiger partial charge on any atom is -0.391 e. The molecule has 4 heteroatoms. The molecular formula is C13H24N2O2. The fraction of sp³-hybridized carbons (Fsp3) is 0.923. The third-order valence-electron chi connectivity index (χ3n) is 4.15. The van der Waals surface area contributed by atoms with Gasteiger partial charge < -0.3 is 15.3 Å². The number of rotatable bonds is 2. The SMILES string of the molecule is CN(C(=O)[C@H]1CCCCN1)C1CCCCC1O. The molecule has 1 aliphatic carbocycles. The molecule has 1 aliphatic heterocycles. The van der Waals surface area contributed by atoms with Crippen molar-refractivity contribution in [3.8, 4) is 0 Å². The second kappa shape index (κ2) is 5.83. The lowest BCUT2D eigenvalue weighted by Crippen LogP contribution is -2.53. The number of nitrogens with one attached hydrogen (secondary N) is 1. The lowest BCUT2D eigenvalue weighted by molar-refractivity contribution is -0.138. The zero-order valence-corrected chi connectivity index (χ0v) is 10.7. The van der Waals surface area contributed by atoms with Crippen LogP contribution in [0.2, 0.25) is 0 Å². The van der Waals surface area contributed by atoms with Crippen molar-refractivity contribution in [2.75, 3.05) is 13.6 Å². The molecule has 0 bridgehead atoms. The number of hydrogen-bond donors (Lipinski definition) is 2. The van der Waals surface area contributed by atoms with Gasteiger partial charge in [-0.1, -0.05) is 19.3 Å². The van der Waals surface area contributed by atoms with Crippen molar-refractivity contribution >= 4 is 5.91 Å². The summed E-state index contributed by atoms with van der Waals surface area (Å²) in [6.07, 6.45) is 6.88. The molecule has 98 valence electrons. The van der Waals surface area contributed by atoms with E-state index in [1.165, 1.54) is 6.42 Å². The zero-order chi connectivity index (χ0) is 12.3.